The second kappa shape index (κ2) is 8.95. The Balaban J connectivity index is 1.18. The summed E-state index contributed by atoms with van der Waals surface area (Å²) in [6, 6.07) is 24.4. The highest BCUT2D eigenvalue weighted by Crippen LogP contribution is 2.46. The predicted octanol–water partition coefficient (Wildman–Crippen LogP) is 4.74. The molecule has 0 saturated carbocycles. The molecule has 2 amide bonds. The third kappa shape index (κ3) is 3.93. The summed E-state index contributed by atoms with van der Waals surface area (Å²) in [5.41, 5.74) is 6.33. The van der Waals surface area contributed by atoms with Crippen molar-refractivity contribution in [2.75, 3.05) is 31.2 Å². The fourth-order valence-corrected chi connectivity index (χ4v) is 5.51. The molecule has 3 aromatic rings. The number of hydrazone groups is 1. The van der Waals surface area contributed by atoms with Crippen LogP contribution in [0.4, 0.5) is 5.69 Å². The number of hydrogen-bond acceptors (Lipinski definition) is 4. The van der Waals surface area contributed by atoms with E-state index in [0.717, 1.165) is 13.1 Å². The lowest BCUT2D eigenvalue weighted by molar-refractivity contribution is -0.126. The van der Waals surface area contributed by atoms with E-state index < -0.39 is 0 Å². The molecule has 35 heavy (non-hydrogen) atoms. The monoisotopic (exact) mass is 484 g/mol. The molecule has 3 aromatic carbocycles. The van der Waals surface area contributed by atoms with Crippen LogP contribution in [0.2, 0.25) is 5.02 Å². The summed E-state index contributed by atoms with van der Waals surface area (Å²) in [4.78, 5) is 30.1. The number of nitrogens with zero attached hydrogens (tertiary/aromatic N) is 4. The Morgan fingerprint density at radius 1 is 0.800 bits per heavy atom. The average molecular weight is 485 g/mol. The van der Waals surface area contributed by atoms with Crippen molar-refractivity contribution >= 4 is 34.8 Å². The molecule has 1 saturated heterocycles. The Bertz CT molecular complexity index is 1280. The van der Waals surface area contributed by atoms with Crippen molar-refractivity contribution in [3.8, 4) is 11.1 Å². The van der Waals surface area contributed by atoms with E-state index in [1.54, 1.807) is 24.3 Å². The van der Waals surface area contributed by atoms with E-state index >= 15 is 0 Å². The number of piperazine rings is 1. The van der Waals surface area contributed by atoms with Gasteiger partial charge in [0, 0.05) is 44.0 Å². The number of carbonyl (C=O) groups is 2. The Morgan fingerprint density at radius 2 is 1.40 bits per heavy atom. The highest BCUT2D eigenvalue weighted by Gasteiger charge is 2.36. The van der Waals surface area contributed by atoms with Crippen LogP contribution in [-0.2, 0) is 9.59 Å². The first-order valence-corrected chi connectivity index (χ1v) is 12.4. The molecule has 176 valence electrons. The molecule has 2 heterocycles. The molecule has 6 rings (SSSR count). The van der Waals surface area contributed by atoms with Crippen molar-refractivity contribution in [1.82, 2.24) is 9.80 Å². The molecule has 0 N–H and O–H groups in total. The van der Waals surface area contributed by atoms with Gasteiger partial charge in [-0.1, -0.05) is 60.1 Å². The quantitative estimate of drug-likeness (QED) is 0.539. The van der Waals surface area contributed by atoms with Crippen LogP contribution in [0.15, 0.2) is 77.9 Å². The second-order valence-corrected chi connectivity index (χ2v) is 9.57. The molecule has 0 spiro atoms. The van der Waals surface area contributed by atoms with Crippen LogP contribution in [0.25, 0.3) is 11.1 Å². The molecule has 6 nitrogen and oxygen atoms in total. The molecular formula is C28H25ClN4O2. The van der Waals surface area contributed by atoms with Gasteiger partial charge in [-0.3, -0.25) is 14.5 Å². The summed E-state index contributed by atoms with van der Waals surface area (Å²) in [5, 5.41) is 6.36. The summed E-state index contributed by atoms with van der Waals surface area (Å²) in [6.07, 6.45) is 0.633. The van der Waals surface area contributed by atoms with Crippen molar-refractivity contribution in [3.63, 3.8) is 0 Å². The van der Waals surface area contributed by atoms with Crippen LogP contribution in [0, 0.1) is 0 Å². The van der Waals surface area contributed by atoms with Crippen molar-refractivity contribution in [2.45, 2.75) is 18.9 Å². The normalized spacial score (nSPS) is 18.3. The standard InChI is InChI=1S/C28H25ClN4O2/c29-19-9-11-20(12-10-19)33-26(34)14-13-25(30-33)28(35)32-17-15-31(16-18-32)27-23-7-3-1-5-21(23)22-6-2-4-8-24(22)27/h1-12,27H,13-18H2. The first-order valence-electron chi connectivity index (χ1n) is 12.0. The van der Waals surface area contributed by atoms with E-state index in [-0.39, 0.29) is 24.3 Å². The fraction of sp³-hybridized carbons (Fsp3) is 0.250. The van der Waals surface area contributed by atoms with E-state index in [1.165, 1.54) is 27.3 Å². The van der Waals surface area contributed by atoms with Crippen molar-refractivity contribution < 1.29 is 9.59 Å². The first-order chi connectivity index (χ1) is 17.1. The molecule has 2 aliphatic heterocycles. The van der Waals surface area contributed by atoms with Gasteiger partial charge in [0.05, 0.1) is 11.7 Å². The maximum Gasteiger partial charge on any atom is 0.270 e. The zero-order chi connectivity index (χ0) is 23.9. The van der Waals surface area contributed by atoms with Crippen molar-refractivity contribution in [3.05, 3.63) is 88.9 Å². The smallest absolute Gasteiger partial charge is 0.270 e. The zero-order valence-corrected chi connectivity index (χ0v) is 20.0. The minimum atomic E-state index is -0.118. The van der Waals surface area contributed by atoms with Gasteiger partial charge in [-0.25, -0.2) is 5.01 Å². The molecule has 0 atom stereocenters. The van der Waals surface area contributed by atoms with Crippen molar-refractivity contribution in [1.29, 1.82) is 0 Å². The third-order valence-electron chi connectivity index (χ3n) is 7.12. The molecule has 1 fully saturated rings. The summed E-state index contributed by atoms with van der Waals surface area (Å²) >= 11 is 5.98. The van der Waals surface area contributed by atoms with E-state index in [2.05, 4.69) is 58.5 Å². The Kier molecular flexibility index (Phi) is 5.63. The van der Waals surface area contributed by atoms with Gasteiger partial charge in [-0.15, -0.1) is 0 Å². The number of carbonyl (C=O) groups excluding carboxylic acids is 2. The Morgan fingerprint density at radius 3 is 2.03 bits per heavy atom. The van der Waals surface area contributed by atoms with Crippen molar-refractivity contribution in [2.24, 2.45) is 5.10 Å². The van der Waals surface area contributed by atoms with Crippen LogP contribution in [0.5, 0.6) is 0 Å². The molecule has 1 aliphatic carbocycles. The predicted molar refractivity (Wildman–Crippen MR) is 137 cm³/mol. The topological polar surface area (TPSA) is 56.2 Å². The lowest BCUT2D eigenvalue weighted by Crippen LogP contribution is -2.52. The Labute approximate surface area is 209 Å². The third-order valence-corrected chi connectivity index (χ3v) is 7.37. The number of amides is 2. The minimum absolute atomic E-state index is 0.0802. The van der Waals surface area contributed by atoms with Gasteiger partial charge in [-0.2, -0.15) is 5.10 Å². The molecule has 3 aliphatic rings. The lowest BCUT2D eigenvalue weighted by atomic mass is 10.0. The van der Waals surface area contributed by atoms with Gasteiger partial charge in [0.2, 0.25) is 5.91 Å². The minimum Gasteiger partial charge on any atom is -0.335 e. The second-order valence-electron chi connectivity index (χ2n) is 9.13. The maximum atomic E-state index is 13.3. The summed E-state index contributed by atoms with van der Waals surface area (Å²) in [6.45, 7) is 2.83. The van der Waals surface area contributed by atoms with Gasteiger partial charge >= 0.3 is 0 Å². The number of hydrogen-bond donors (Lipinski definition) is 0. The van der Waals surface area contributed by atoms with Gasteiger partial charge < -0.3 is 4.90 Å². The molecule has 0 aromatic heterocycles. The van der Waals surface area contributed by atoms with Gasteiger partial charge in [0.1, 0.15) is 5.71 Å². The number of benzene rings is 3. The molecule has 0 radical (unpaired) electrons. The van der Waals surface area contributed by atoms with Crippen LogP contribution < -0.4 is 5.01 Å². The lowest BCUT2D eigenvalue weighted by Gasteiger charge is -2.39. The van der Waals surface area contributed by atoms with Crippen LogP contribution in [0.3, 0.4) is 0 Å². The Hall–Kier alpha value is -3.48. The SMILES string of the molecule is O=C(C1=NN(c2ccc(Cl)cc2)C(=O)CC1)N1CCN(C2c3ccccc3-c3ccccc32)CC1. The van der Waals surface area contributed by atoms with E-state index in [1.807, 2.05) is 4.90 Å². The molecule has 0 unspecified atom stereocenters. The number of anilines is 1. The highest BCUT2D eigenvalue weighted by atomic mass is 35.5. The molecule has 7 heteroatoms. The molecule has 0 bridgehead atoms. The largest absolute Gasteiger partial charge is 0.335 e. The van der Waals surface area contributed by atoms with Crippen LogP contribution in [-0.4, -0.2) is 53.5 Å². The van der Waals surface area contributed by atoms with Crippen LogP contribution in [0.1, 0.15) is 30.0 Å². The van der Waals surface area contributed by atoms with Gasteiger partial charge in [0.15, 0.2) is 0 Å². The van der Waals surface area contributed by atoms with E-state index in [4.69, 9.17) is 11.6 Å². The number of halogens is 1. The maximum absolute atomic E-state index is 13.3. The molecular weight excluding hydrogens is 460 g/mol. The number of rotatable bonds is 3. The van der Waals surface area contributed by atoms with Crippen LogP contribution >= 0.6 is 11.6 Å². The first kappa shape index (κ1) is 22.0. The van der Waals surface area contributed by atoms with E-state index in [9.17, 15) is 9.59 Å². The summed E-state index contributed by atoms with van der Waals surface area (Å²) in [5.74, 6) is -0.199. The van der Waals surface area contributed by atoms with E-state index in [0.29, 0.717) is 35.9 Å². The fourth-order valence-electron chi connectivity index (χ4n) is 5.38. The average Bonchev–Trinajstić information content (AvgIpc) is 3.24. The highest BCUT2D eigenvalue weighted by molar-refractivity contribution is 6.40. The van der Waals surface area contributed by atoms with Gasteiger partial charge in [-0.05, 0) is 46.5 Å². The summed E-state index contributed by atoms with van der Waals surface area (Å²) in [7, 11) is 0. The zero-order valence-electron chi connectivity index (χ0n) is 19.2. The summed E-state index contributed by atoms with van der Waals surface area (Å²) < 4.78 is 0. The number of fused-ring (bicyclic) bond motifs is 3. The van der Waals surface area contributed by atoms with Gasteiger partial charge in [0.25, 0.3) is 5.91 Å².